The van der Waals surface area contributed by atoms with Crippen molar-refractivity contribution in [2.24, 2.45) is 0 Å². The molecule has 3 rings (SSSR count). The normalized spacial score (nSPS) is 10.5. The molecule has 116 valence electrons. The second kappa shape index (κ2) is 7.11. The van der Waals surface area contributed by atoms with Crippen LogP contribution in [-0.4, -0.2) is 22.4 Å². The van der Waals surface area contributed by atoms with E-state index in [0.29, 0.717) is 17.1 Å². The first-order chi connectivity index (χ1) is 11.3. The molecule has 0 unspecified atom stereocenters. The van der Waals surface area contributed by atoms with Crippen LogP contribution in [0.1, 0.15) is 15.9 Å². The Balaban J connectivity index is 1.73. The van der Waals surface area contributed by atoms with E-state index >= 15 is 0 Å². The number of amides is 1. The number of benzene rings is 2. The maximum absolute atomic E-state index is 12.3. The summed E-state index contributed by atoms with van der Waals surface area (Å²) in [6.07, 6.45) is 3.33. The molecule has 0 fully saturated rings. The number of carbonyl (C=O) groups is 1. The number of anilines is 1. The van der Waals surface area contributed by atoms with Crippen LogP contribution in [0, 0.1) is 0 Å². The highest BCUT2D eigenvalue weighted by molar-refractivity contribution is 7.97. The molecular formula is C17H15N3O2S. The third kappa shape index (κ3) is 3.78. The highest BCUT2D eigenvalue weighted by Gasteiger charge is 2.08. The van der Waals surface area contributed by atoms with Crippen molar-refractivity contribution < 1.29 is 9.21 Å². The lowest BCUT2D eigenvalue weighted by molar-refractivity contribution is 0.102. The van der Waals surface area contributed by atoms with Crippen molar-refractivity contribution in [3.05, 3.63) is 66.1 Å². The maximum Gasteiger partial charge on any atom is 0.255 e. The largest absolute Gasteiger partial charge is 0.423 e. The van der Waals surface area contributed by atoms with E-state index in [4.69, 9.17) is 4.42 Å². The number of hydrogen-bond donors (Lipinski definition) is 1. The van der Waals surface area contributed by atoms with Crippen molar-refractivity contribution in [2.75, 3.05) is 11.6 Å². The minimum Gasteiger partial charge on any atom is -0.423 e. The van der Waals surface area contributed by atoms with Gasteiger partial charge in [-0.05, 0) is 42.2 Å². The van der Waals surface area contributed by atoms with Gasteiger partial charge in [-0.3, -0.25) is 4.79 Å². The van der Waals surface area contributed by atoms with Gasteiger partial charge in [0.1, 0.15) is 0 Å². The SMILES string of the molecule is CSCc1ccc(C(=O)Nc2cccc(-c3nnco3)c2)cc1. The molecule has 0 radical (unpaired) electrons. The molecule has 0 aliphatic carbocycles. The zero-order chi connectivity index (χ0) is 16.1. The number of rotatable bonds is 5. The number of hydrogen-bond acceptors (Lipinski definition) is 5. The molecule has 1 aromatic heterocycles. The van der Waals surface area contributed by atoms with Crippen LogP contribution in [0.5, 0.6) is 0 Å². The Morgan fingerprint density at radius 3 is 2.74 bits per heavy atom. The first-order valence-corrected chi connectivity index (χ1v) is 8.41. The van der Waals surface area contributed by atoms with Gasteiger partial charge in [0.25, 0.3) is 5.91 Å². The minimum absolute atomic E-state index is 0.150. The molecule has 1 heterocycles. The van der Waals surface area contributed by atoms with Crippen LogP contribution in [0.3, 0.4) is 0 Å². The predicted molar refractivity (Wildman–Crippen MR) is 91.3 cm³/mol. The Bertz CT molecular complexity index is 786. The molecule has 2 aromatic carbocycles. The van der Waals surface area contributed by atoms with E-state index in [2.05, 4.69) is 21.8 Å². The van der Waals surface area contributed by atoms with Gasteiger partial charge in [-0.15, -0.1) is 10.2 Å². The average molecular weight is 325 g/mol. The number of aromatic nitrogens is 2. The lowest BCUT2D eigenvalue weighted by Gasteiger charge is -2.07. The summed E-state index contributed by atoms with van der Waals surface area (Å²) in [4.78, 5) is 12.3. The third-order valence-corrected chi connectivity index (χ3v) is 3.88. The molecule has 0 bridgehead atoms. The molecule has 23 heavy (non-hydrogen) atoms. The van der Waals surface area contributed by atoms with Gasteiger partial charge in [0.15, 0.2) is 0 Å². The number of thioether (sulfide) groups is 1. The quantitative estimate of drug-likeness (QED) is 0.771. The number of nitrogens with zero attached hydrogens (tertiary/aromatic N) is 2. The van der Waals surface area contributed by atoms with Gasteiger partial charge >= 0.3 is 0 Å². The van der Waals surface area contributed by atoms with Gasteiger partial charge in [0.05, 0.1) is 0 Å². The fourth-order valence-electron chi connectivity index (χ4n) is 2.15. The Hall–Kier alpha value is -2.60. The summed E-state index contributed by atoms with van der Waals surface area (Å²) in [7, 11) is 0. The summed E-state index contributed by atoms with van der Waals surface area (Å²) in [6, 6.07) is 14.9. The highest BCUT2D eigenvalue weighted by Crippen LogP contribution is 2.21. The van der Waals surface area contributed by atoms with Gasteiger partial charge in [-0.2, -0.15) is 11.8 Å². The summed E-state index contributed by atoms with van der Waals surface area (Å²) in [5.74, 6) is 1.21. The lowest BCUT2D eigenvalue weighted by Crippen LogP contribution is -2.11. The summed E-state index contributed by atoms with van der Waals surface area (Å²) in [5, 5.41) is 10.4. The van der Waals surface area contributed by atoms with E-state index in [1.54, 1.807) is 17.8 Å². The van der Waals surface area contributed by atoms with E-state index < -0.39 is 0 Å². The molecule has 0 atom stereocenters. The van der Waals surface area contributed by atoms with Crippen LogP contribution >= 0.6 is 11.8 Å². The van der Waals surface area contributed by atoms with Crippen molar-refractivity contribution in [1.29, 1.82) is 0 Å². The topological polar surface area (TPSA) is 68.0 Å². The average Bonchev–Trinajstić information content (AvgIpc) is 3.11. The second-order valence-corrected chi connectivity index (χ2v) is 5.77. The van der Waals surface area contributed by atoms with E-state index in [9.17, 15) is 4.79 Å². The second-order valence-electron chi connectivity index (χ2n) is 4.91. The van der Waals surface area contributed by atoms with Crippen LogP contribution in [0.2, 0.25) is 0 Å². The van der Waals surface area contributed by atoms with Crippen molar-refractivity contribution in [3.63, 3.8) is 0 Å². The van der Waals surface area contributed by atoms with Crippen molar-refractivity contribution in [3.8, 4) is 11.5 Å². The van der Waals surface area contributed by atoms with Gasteiger partial charge in [0.2, 0.25) is 12.3 Å². The summed E-state index contributed by atoms with van der Waals surface area (Å²) < 4.78 is 5.16. The van der Waals surface area contributed by atoms with Crippen LogP contribution in [0.4, 0.5) is 5.69 Å². The number of nitrogens with one attached hydrogen (secondary N) is 1. The molecule has 5 nitrogen and oxygen atoms in total. The molecule has 0 saturated heterocycles. The van der Waals surface area contributed by atoms with Crippen molar-refractivity contribution >= 4 is 23.4 Å². The zero-order valence-electron chi connectivity index (χ0n) is 12.5. The zero-order valence-corrected chi connectivity index (χ0v) is 13.3. The Labute approximate surface area is 138 Å². The first-order valence-electron chi connectivity index (χ1n) is 7.02. The first kappa shape index (κ1) is 15.3. The standard InChI is InChI=1S/C17H15N3O2S/c1-23-10-12-5-7-13(8-6-12)16(21)19-15-4-2-3-14(9-15)17-20-18-11-22-17/h2-9,11H,10H2,1H3,(H,19,21). The molecule has 1 amide bonds. The molecular weight excluding hydrogens is 310 g/mol. The smallest absolute Gasteiger partial charge is 0.255 e. The molecule has 0 spiro atoms. The minimum atomic E-state index is -0.150. The molecule has 0 aliphatic rings. The molecule has 1 N–H and O–H groups in total. The van der Waals surface area contributed by atoms with E-state index in [0.717, 1.165) is 11.3 Å². The van der Waals surface area contributed by atoms with Crippen molar-refractivity contribution in [2.45, 2.75) is 5.75 Å². The summed E-state index contributed by atoms with van der Waals surface area (Å²) in [5.41, 5.74) is 3.26. The van der Waals surface area contributed by atoms with Crippen LogP contribution < -0.4 is 5.32 Å². The fraction of sp³-hybridized carbons (Fsp3) is 0.118. The molecule has 0 aliphatic heterocycles. The predicted octanol–water partition coefficient (Wildman–Crippen LogP) is 3.85. The number of carbonyl (C=O) groups excluding carboxylic acids is 1. The Morgan fingerprint density at radius 2 is 2.04 bits per heavy atom. The van der Waals surface area contributed by atoms with Crippen LogP contribution in [-0.2, 0) is 5.75 Å². The summed E-state index contributed by atoms with van der Waals surface area (Å²) in [6.45, 7) is 0. The Morgan fingerprint density at radius 1 is 1.22 bits per heavy atom. The molecule has 6 heteroatoms. The van der Waals surface area contributed by atoms with Gasteiger partial charge in [0, 0.05) is 22.6 Å². The summed E-state index contributed by atoms with van der Waals surface area (Å²) >= 11 is 1.75. The van der Waals surface area contributed by atoms with E-state index in [1.165, 1.54) is 12.0 Å². The fourth-order valence-corrected chi connectivity index (χ4v) is 2.68. The molecule has 0 saturated carbocycles. The maximum atomic E-state index is 12.3. The van der Waals surface area contributed by atoms with Crippen LogP contribution in [0.25, 0.3) is 11.5 Å². The van der Waals surface area contributed by atoms with Crippen LogP contribution in [0.15, 0.2) is 59.3 Å². The van der Waals surface area contributed by atoms with E-state index in [1.807, 2.05) is 42.5 Å². The van der Waals surface area contributed by atoms with Gasteiger partial charge in [-0.25, -0.2) is 0 Å². The third-order valence-electron chi connectivity index (χ3n) is 3.25. The van der Waals surface area contributed by atoms with E-state index in [-0.39, 0.29) is 5.91 Å². The highest BCUT2D eigenvalue weighted by atomic mass is 32.2. The lowest BCUT2D eigenvalue weighted by atomic mass is 10.1. The van der Waals surface area contributed by atoms with Gasteiger partial charge < -0.3 is 9.73 Å². The monoisotopic (exact) mass is 325 g/mol. The Kier molecular flexibility index (Phi) is 4.73. The van der Waals surface area contributed by atoms with Gasteiger partial charge in [-0.1, -0.05) is 18.2 Å². The van der Waals surface area contributed by atoms with Crippen molar-refractivity contribution in [1.82, 2.24) is 10.2 Å². The molecule has 3 aromatic rings.